The van der Waals surface area contributed by atoms with Crippen molar-refractivity contribution in [2.24, 2.45) is 7.05 Å². The average molecular weight is 221 g/mol. The fourth-order valence-corrected chi connectivity index (χ4v) is 1.45. The highest BCUT2D eigenvalue weighted by molar-refractivity contribution is 6.00. The van der Waals surface area contributed by atoms with Gasteiger partial charge in [-0.3, -0.25) is 9.59 Å². The number of hydrogen-bond acceptors (Lipinski definition) is 4. The number of nitrogens with one attached hydrogen (secondary N) is 1. The van der Waals surface area contributed by atoms with Crippen LogP contribution in [0.15, 0.2) is 22.1 Å². The van der Waals surface area contributed by atoms with E-state index < -0.39 is 17.1 Å². The lowest BCUT2D eigenvalue weighted by Gasteiger charge is -2.03. The van der Waals surface area contributed by atoms with Crippen molar-refractivity contribution >= 4 is 16.9 Å². The quantitative estimate of drug-likeness (QED) is 0.663. The lowest BCUT2D eigenvalue weighted by Crippen LogP contribution is -2.25. The van der Waals surface area contributed by atoms with Crippen LogP contribution in [0.2, 0.25) is 0 Å². The van der Waals surface area contributed by atoms with E-state index in [-0.39, 0.29) is 16.5 Å². The molecule has 16 heavy (non-hydrogen) atoms. The minimum absolute atomic E-state index is 0.0978. The molecular weight excluding hydrogens is 214 g/mol. The number of hydrogen-bond donors (Lipinski definition) is 2. The number of aromatic amines is 1. The van der Waals surface area contributed by atoms with Crippen molar-refractivity contribution in [1.82, 2.24) is 14.5 Å². The van der Waals surface area contributed by atoms with Crippen LogP contribution in [-0.4, -0.2) is 25.6 Å². The molecule has 0 aliphatic rings. The van der Waals surface area contributed by atoms with E-state index in [1.54, 1.807) is 0 Å². The SMILES string of the molecule is Cn1cc(C(=O)O)c2nc[nH]c(=O)c2c1=O. The molecule has 2 aromatic heterocycles. The predicted molar refractivity (Wildman–Crippen MR) is 54.6 cm³/mol. The zero-order valence-electron chi connectivity index (χ0n) is 8.22. The van der Waals surface area contributed by atoms with Crippen LogP contribution >= 0.6 is 0 Å². The maximum atomic E-state index is 11.6. The van der Waals surface area contributed by atoms with Crippen LogP contribution < -0.4 is 11.1 Å². The number of rotatable bonds is 1. The third kappa shape index (κ3) is 1.29. The molecule has 2 heterocycles. The van der Waals surface area contributed by atoms with E-state index in [0.29, 0.717) is 0 Å². The van der Waals surface area contributed by atoms with Gasteiger partial charge in [0.05, 0.1) is 11.8 Å². The van der Waals surface area contributed by atoms with Crippen molar-refractivity contribution in [2.45, 2.75) is 0 Å². The maximum absolute atomic E-state index is 11.6. The fourth-order valence-electron chi connectivity index (χ4n) is 1.45. The van der Waals surface area contributed by atoms with Gasteiger partial charge in [0, 0.05) is 13.2 Å². The van der Waals surface area contributed by atoms with Gasteiger partial charge in [-0.1, -0.05) is 0 Å². The summed E-state index contributed by atoms with van der Waals surface area (Å²) in [5, 5.41) is 8.68. The number of carbonyl (C=O) groups is 1. The van der Waals surface area contributed by atoms with Crippen LogP contribution in [0.5, 0.6) is 0 Å². The smallest absolute Gasteiger partial charge is 0.339 e. The maximum Gasteiger partial charge on any atom is 0.339 e. The lowest BCUT2D eigenvalue weighted by atomic mass is 10.2. The molecule has 0 saturated carbocycles. The van der Waals surface area contributed by atoms with Gasteiger partial charge in [-0.25, -0.2) is 9.78 Å². The van der Waals surface area contributed by atoms with E-state index in [0.717, 1.165) is 17.1 Å². The monoisotopic (exact) mass is 221 g/mol. The number of aromatic carboxylic acids is 1. The molecule has 0 bridgehead atoms. The van der Waals surface area contributed by atoms with Gasteiger partial charge >= 0.3 is 5.97 Å². The zero-order chi connectivity index (χ0) is 11.9. The number of carboxylic acids is 1. The summed E-state index contributed by atoms with van der Waals surface area (Å²) in [5.74, 6) is -1.24. The summed E-state index contributed by atoms with van der Waals surface area (Å²) in [6.45, 7) is 0. The molecule has 0 fully saturated rings. The van der Waals surface area contributed by atoms with Crippen LogP contribution in [-0.2, 0) is 7.05 Å². The Hall–Kier alpha value is -2.44. The third-order valence-electron chi connectivity index (χ3n) is 2.20. The first-order valence-electron chi connectivity index (χ1n) is 4.32. The van der Waals surface area contributed by atoms with E-state index in [4.69, 9.17) is 5.11 Å². The topological polar surface area (TPSA) is 105 Å². The van der Waals surface area contributed by atoms with Gasteiger partial charge in [-0.2, -0.15) is 0 Å². The van der Waals surface area contributed by atoms with Crippen molar-refractivity contribution in [2.75, 3.05) is 0 Å². The van der Waals surface area contributed by atoms with Crippen LogP contribution in [0.3, 0.4) is 0 Å². The normalized spacial score (nSPS) is 10.6. The molecule has 0 saturated heterocycles. The van der Waals surface area contributed by atoms with Gasteiger partial charge in [0.2, 0.25) is 0 Å². The molecule has 0 amide bonds. The largest absolute Gasteiger partial charge is 0.478 e. The van der Waals surface area contributed by atoms with E-state index in [1.165, 1.54) is 7.05 Å². The van der Waals surface area contributed by atoms with E-state index >= 15 is 0 Å². The van der Waals surface area contributed by atoms with Crippen molar-refractivity contribution in [3.63, 3.8) is 0 Å². The molecule has 0 spiro atoms. The predicted octanol–water partition coefficient (Wildman–Crippen LogP) is -0.680. The van der Waals surface area contributed by atoms with Gasteiger partial charge in [0.25, 0.3) is 11.1 Å². The molecular formula is C9H7N3O4. The van der Waals surface area contributed by atoms with Crippen LogP contribution in [0.4, 0.5) is 0 Å². The van der Waals surface area contributed by atoms with Gasteiger partial charge in [-0.05, 0) is 0 Å². The molecule has 2 N–H and O–H groups in total. The molecule has 0 aliphatic heterocycles. The number of carboxylic acid groups (broad SMARTS) is 1. The first-order valence-corrected chi connectivity index (χ1v) is 4.32. The van der Waals surface area contributed by atoms with Crippen molar-refractivity contribution in [1.29, 1.82) is 0 Å². The molecule has 7 nitrogen and oxygen atoms in total. The Morgan fingerprint density at radius 2 is 2.19 bits per heavy atom. The molecule has 0 unspecified atom stereocenters. The summed E-state index contributed by atoms with van der Waals surface area (Å²) < 4.78 is 1.04. The Morgan fingerprint density at radius 1 is 1.50 bits per heavy atom. The number of nitrogens with zero attached hydrogens (tertiary/aromatic N) is 2. The van der Waals surface area contributed by atoms with Crippen LogP contribution in [0.1, 0.15) is 10.4 Å². The van der Waals surface area contributed by atoms with E-state index in [1.807, 2.05) is 0 Å². The molecule has 0 atom stereocenters. The van der Waals surface area contributed by atoms with Crippen molar-refractivity contribution in [3.05, 3.63) is 38.8 Å². The number of aromatic nitrogens is 3. The van der Waals surface area contributed by atoms with Gasteiger partial charge in [0.1, 0.15) is 10.9 Å². The first kappa shape index (κ1) is 10.1. The third-order valence-corrected chi connectivity index (χ3v) is 2.20. The van der Waals surface area contributed by atoms with Crippen LogP contribution in [0, 0.1) is 0 Å². The molecule has 0 aromatic carbocycles. The molecule has 2 aromatic rings. The Labute approximate surface area is 88.0 Å². The van der Waals surface area contributed by atoms with Gasteiger partial charge in [-0.15, -0.1) is 0 Å². The molecule has 0 radical (unpaired) electrons. The molecule has 2 rings (SSSR count). The summed E-state index contributed by atoms with van der Waals surface area (Å²) in [7, 11) is 1.38. The van der Waals surface area contributed by atoms with Crippen molar-refractivity contribution < 1.29 is 9.90 Å². The first-order chi connectivity index (χ1) is 7.52. The molecule has 7 heteroatoms. The van der Waals surface area contributed by atoms with E-state index in [9.17, 15) is 14.4 Å². The zero-order valence-corrected chi connectivity index (χ0v) is 8.22. The second-order valence-electron chi connectivity index (χ2n) is 3.22. The fraction of sp³-hybridized carbons (Fsp3) is 0.111. The second-order valence-corrected chi connectivity index (χ2v) is 3.22. The van der Waals surface area contributed by atoms with E-state index in [2.05, 4.69) is 9.97 Å². The highest BCUT2D eigenvalue weighted by atomic mass is 16.4. The standard InChI is InChI=1S/C9H7N3O4/c1-12-2-4(9(15)16)6-5(8(12)14)7(13)11-3-10-6/h2-3H,1H3,(H,15,16)(H,10,11,13). The Balaban J connectivity index is 3.14. The Bertz CT molecular complexity index is 698. The van der Waals surface area contributed by atoms with Crippen LogP contribution in [0.25, 0.3) is 10.9 Å². The minimum atomic E-state index is -1.24. The Morgan fingerprint density at radius 3 is 2.81 bits per heavy atom. The number of H-pyrrole nitrogens is 1. The summed E-state index contributed by atoms with van der Waals surface area (Å²) in [4.78, 5) is 39.9. The summed E-state index contributed by atoms with van der Waals surface area (Å²) in [6, 6.07) is 0. The summed E-state index contributed by atoms with van der Waals surface area (Å²) in [6.07, 6.45) is 2.20. The summed E-state index contributed by atoms with van der Waals surface area (Å²) >= 11 is 0. The average Bonchev–Trinajstić information content (AvgIpc) is 2.22. The minimum Gasteiger partial charge on any atom is -0.478 e. The van der Waals surface area contributed by atoms with Gasteiger partial charge in [0.15, 0.2) is 0 Å². The molecule has 0 aliphatic carbocycles. The highest BCUT2D eigenvalue weighted by Crippen LogP contribution is 2.08. The molecule has 82 valence electrons. The number of aryl methyl sites for hydroxylation is 1. The number of fused-ring (bicyclic) bond motifs is 1. The highest BCUT2D eigenvalue weighted by Gasteiger charge is 2.15. The second kappa shape index (κ2) is 3.30. The Kier molecular flexibility index (Phi) is 2.08. The lowest BCUT2D eigenvalue weighted by molar-refractivity contribution is 0.0698. The number of pyridine rings is 1. The van der Waals surface area contributed by atoms with Gasteiger partial charge < -0.3 is 14.7 Å². The summed E-state index contributed by atoms with van der Waals surface area (Å²) in [5.41, 5.74) is -1.49. The van der Waals surface area contributed by atoms with Crippen molar-refractivity contribution in [3.8, 4) is 0 Å².